The molecule has 2 heteroatoms. The summed E-state index contributed by atoms with van der Waals surface area (Å²) in [5.41, 5.74) is 6.85. The largest absolute Gasteiger partial charge is 0.386 e. The van der Waals surface area contributed by atoms with Gasteiger partial charge in [0.25, 0.3) is 0 Å². The second-order valence-electron chi connectivity index (χ2n) is 3.54. The minimum atomic E-state index is 0.443. The van der Waals surface area contributed by atoms with E-state index in [1.165, 1.54) is 12.8 Å². The number of rotatable bonds is 2. The molecule has 11 heavy (non-hydrogen) atoms. The Labute approximate surface area is 68.9 Å². The zero-order valence-electron chi connectivity index (χ0n) is 7.27. The molecule has 0 spiro atoms. The lowest BCUT2D eigenvalue weighted by atomic mass is 9.92. The van der Waals surface area contributed by atoms with Crippen LogP contribution in [-0.2, 0) is 0 Å². The lowest BCUT2D eigenvalue weighted by molar-refractivity contribution is 0.361. The van der Waals surface area contributed by atoms with E-state index in [2.05, 4.69) is 11.9 Å². The Morgan fingerprint density at radius 1 is 1.36 bits per heavy atom. The van der Waals surface area contributed by atoms with E-state index in [1.54, 1.807) is 0 Å². The van der Waals surface area contributed by atoms with Gasteiger partial charge in [-0.15, -0.1) is 0 Å². The maximum atomic E-state index is 5.78. The van der Waals surface area contributed by atoms with Gasteiger partial charge in [0.2, 0.25) is 0 Å². The van der Waals surface area contributed by atoms with E-state index in [0.717, 1.165) is 18.5 Å². The molecule has 1 fully saturated rings. The first-order valence-electron chi connectivity index (χ1n) is 4.36. The van der Waals surface area contributed by atoms with Crippen LogP contribution in [0.2, 0.25) is 0 Å². The van der Waals surface area contributed by atoms with Crippen molar-refractivity contribution >= 4 is 0 Å². The molecule has 1 saturated carbocycles. The van der Waals surface area contributed by atoms with Gasteiger partial charge in [0, 0.05) is 17.8 Å². The summed E-state index contributed by atoms with van der Waals surface area (Å²) in [5, 5.41) is 3.35. The third kappa shape index (κ3) is 2.93. The van der Waals surface area contributed by atoms with E-state index in [4.69, 9.17) is 5.73 Å². The van der Waals surface area contributed by atoms with Crippen molar-refractivity contribution in [2.24, 2.45) is 5.73 Å². The normalized spacial score (nSPS) is 31.5. The molecule has 3 N–H and O–H groups in total. The summed E-state index contributed by atoms with van der Waals surface area (Å²) in [6.45, 7) is 5.83. The van der Waals surface area contributed by atoms with E-state index in [-0.39, 0.29) is 0 Å². The van der Waals surface area contributed by atoms with Crippen LogP contribution in [0, 0.1) is 0 Å². The molecule has 0 radical (unpaired) electrons. The topological polar surface area (TPSA) is 38.0 Å². The van der Waals surface area contributed by atoms with E-state index < -0.39 is 0 Å². The molecule has 0 aromatic heterocycles. The van der Waals surface area contributed by atoms with Gasteiger partial charge in [-0.3, -0.25) is 0 Å². The van der Waals surface area contributed by atoms with Gasteiger partial charge in [0.1, 0.15) is 0 Å². The number of hydrogen-bond donors (Lipinski definition) is 2. The molecular weight excluding hydrogens is 136 g/mol. The summed E-state index contributed by atoms with van der Waals surface area (Å²) < 4.78 is 0. The van der Waals surface area contributed by atoms with Gasteiger partial charge in [-0.25, -0.2) is 0 Å². The van der Waals surface area contributed by atoms with Crippen LogP contribution >= 0.6 is 0 Å². The molecule has 0 saturated heterocycles. The minimum absolute atomic E-state index is 0.443. The first-order valence-corrected chi connectivity index (χ1v) is 4.36. The highest BCUT2D eigenvalue weighted by Crippen LogP contribution is 2.17. The number of nitrogens with one attached hydrogen (secondary N) is 1. The van der Waals surface area contributed by atoms with Gasteiger partial charge < -0.3 is 11.1 Å². The van der Waals surface area contributed by atoms with Crippen molar-refractivity contribution in [3.8, 4) is 0 Å². The molecule has 0 heterocycles. The summed E-state index contributed by atoms with van der Waals surface area (Å²) in [7, 11) is 0. The Kier molecular flexibility index (Phi) is 2.94. The van der Waals surface area contributed by atoms with Crippen molar-refractivity contribution < 1.29 is 0 Å². The summed E-state index contributed by atoms with van der Waals surface area (Å²) >= 11 is 0. The lowest BCUT2D eigenvalue weighted by Crippen LogP contribution is -2.36. The minimum Gasteiger partial charge on any atom is -0.386 e. The summed E-state index contributed by atoms with van der Waals surface area (Å²) in [4.78, 5) is 0. The summed E-state index contributed by atoms with van der Waals surface area (Å²) in [6, 6.07) is 1.07. The van der Waals surface area contributed by atoms with Gasteiger partial charge in [0.05, 0.1) is 0 Å². The third-order valence-electron chi connectivity index (χ3n) is 2.22. The van der Waals surface area contributed by atoms with E-state index in [0.29, 0.717) is 12.1 Å². The van der Waals surface area contributed by atoms with Gasteiger partial charge in [-0.05, 0) is 32.6 Å². The van der Waals surface area contributed by atoms with E-state index >= 15 is 0 Å². The molecule has 0 amide bonds. The smallest absolute Gasteiger partial charge is 0.0259 e. The predicted molar refractivity (Wildman–Crippen MR) is 48.2 cm³/mol. The first-order chi connectivity index (χ1) is 5.18. The summed E-state index contributed by atoms with van der Waals surface area (Å²) in [6.07, 6.45) is 4.72. The maximum Gasteiger partial charge on any atom is 0.0259 e. The van der Waals surface area contributed by atoms with Crippen molar-refractivity contribution in [2.45, 2.75) is 44.7 Å². The van der Waals surface area contributed by atoms with Gasteiger partial charge >= 0.3 is 0 Å². The maximum absolute atomic E-state index is 5.78. The molecule has 0 aromatic rings. The summed E-state index contributed by atoms with van der Waals surface area (Å²) in [5.74, 6) is 0. The standard InChI is InChI=1S/C9H18N2/c1-7(2)11-9-5-3-8(10)4-6-9/h8-9,11H,1,3-6,10H2,2H3. The Balaban J connectivity index is 2.22. The molecule has 0 bridgehead atoms. The van der Waals surface area contributed by atoms with Crippen LogP contribution in [0.1, 0.15) is 32.6 Å². The Morgan fingerprint density at radius 2 is 1.91 bits per heavy atom. The fourth-order valence-corrected chi connectivity index (χ4v) is 1.61. The van der Waals surface area contributed by atoms with Crippen LogP contribution in [0.4, 0.5) is 0 Å². The molecule has 2 nitrogen and oxygen atoms in total. The Morgan fingerprint density at radius 3 is 2.36 bits per heavy atom. The highest BCUT2D eigenvalue weighted by molar-refractivity contribution is 4.90. The molecule has 1 rings (SSSR count). The molecule has 1 aliphatic carbocycles. The molecule has 0 aromatic carbocycles. The highest BCUT2D eigenvalue weighted by atomic mass is 14.9. The zero-order chi connectivity index (χ0) is 8.27. The van der Waals surface area contributed by atoms with Crippen molar-refractivity contribution in [2.75, 3.05) is 0 Å². The van der Waals surface area contributed by atoms with Crippen molar-refractivity contribution in [1.82, 2.24) is 5.32 Å². The first kappa shape index (κ1) is 8.60. The molecule has 0 aliphatic heterocycles. The third-order valence-corrected chi connectivity index (χ3v) is 2.22. The quantitative estimate of drug-likeness (QED) is 0.630. The monoisotopic (exact) mass is 154 g/mol. The molecule has 0 unspecified atom stereocenters. The Bertz CT molecular complexity index is 134. The fourth-order valence-electron chi connectivity index (χ4n) is 1.61. The van der Waals surface area contributed by atoms with Crippen LogP contribution in [-0.4, -0.2) is 12.1 Å². The highest BCUT2D eigenvalue weighted by Gasteiger charge is 2.17. The predicted octanol–water partition coefficient (Wildman–Crippen LogP) is 1.38. The van der Waals surface area contributed by atoms with Crippen LogP contribution in [0.15, 0.2) is 12.3 Å². The molecule has 1 aliphatic rings. The number of hydrogen-bond acceptors (Lipinski definition) is 2. The van der Waals surface area contributed by atoms with Crippen LogP contribution in [0.5, 0.6) is 0 Å². The SMILES string of the molecule is C=C(C)NC1CCC(N)CC1. The second-order valence-corrected chi connectivity index (χ2v) is 3.54. The second kappa shape index (κ2) is 3.77. The van der Waals surface area contributed by atoms with E-state index in [1.807, 2.05) is 6.92 Å². The number of nitrogens with two attached hydrogens (primary N) is 1. The van der Waals surface area contributed by atoms with E-state index in [9.17, 15) is 0 Å². The number of allylic oxidation sites excluding steroid dienone is 1. The Hall–Kier alpha value is -0.500. The molecular formula is C9H18N2. The average Bonchev–Trinajstić information content (AvgIpc) is 1.93. The molecule has 64 valence electrons. The van der Waals surface area contributed by atoms with Gasteiger partial charge in [-0.2, -0.15) is 0 Å². The van der Waals surface area contributed by atoms with Crippen LogP contribution in [0.3, 0.4) is 0 Å². The fraction of sp³-hybridized carbons (Fsp3) is 0.778. The van der Waals surface area contributed by atoms with Gasteiger partial charge in [0.15, 0.2) is 0 Å². The average molecular weight is 154 g/mol. The van der Waals surface area contributed by atoms with Crippen molar-refractivity contribution in [3.05, 3.63) is 12.3 Å². The van der Waals surface area contributed by atoms with Crippen molar-refractivity contribution in [1.29, 1.82) is 0 Å². The van der Waals surface area contributed by atoms with Gasteiger partial charge in [-0.1, -0.05) is 6.58 Å². The van der Waals surface area contributed by atoms with Crippen molar-refractivity contribution in [3.63, 3.8) is 0 Å². The zero-order valence-corrected chi connectivity index (χ0v) is 7.27. The molecule has 0 atom stereocenters. The van der Waals surface area contributed by atoms with Crippen LogP contribution < -0.4 is 11.1 Å². The van der Waals surface area contributed by atoms with Crippen LogP contribution in [0.25, 0.3) is 0 Å². The lowest BCUT2D eigenvalue weighted by Gasteiger charge is -2.27.